The number of nitrogens with two attached hydrogens (primary N) is 1. The Balaban J connectivity index is 1.86. The van der Waals surface area contributed by atoms with Crippen LogP contribution in [0.5, 0.6) is 0 Å². The van der Waals surface area contributed by atoms with Gasteiger partial charge in [-0.2, -0.15) is 0 Å². The molecule has 3 nitrogen and oxygen atoms in total. The summed E-state index contributed by atoms with van der Waals surface area (Å²) in [5.74, 6) is 1.53. The van der Waals surface area contributed by atoms with Gasteiger partial charge in [0.25, 0.3) is 0 Å². The largest absolute Gasteiger partial charge is 0.370 e. The van der Waals surface area contributed by atoms with Crippen LogP contribution in [0, 0.1) is 11.3 Å². The van der Waals surface area contributed by atoms with E-state index in [0.29, 0.717) is 5.41 Å². The van der Waals surface area contributed by atoms with Crippen LogP contribution in [0.1, 0.15) is 46.0 Å². The van der Waals surface area contributed by atoms with E-state index in [0.717, 1.165) is 31.5 Å². The highest BCUT2D eigenvalue weighted by atomic mass is 15.3. The van der Waals surface area contributed by atoms with Crippen molar-refractivity contribution in [2.45, 2.75) is 46.0 Å². The highest BCUT2D eigenvalue weighted by molar-refractivity contribution is 5.78. The number of piperidine rings is 1. The summed E-state index contributed by atoms with van der Waals surface area (Å²) in [6.45, 7) is 7.75. The second-order valence-corrected chi connectivity index (χ2v) is 5.74. The second-order valence-electron chi connectivity index (χ2n) is 5.74. The fraction of sp³-hybridized carbons (Fsp3) is 0.923. The summed E-state index contributed by atoms with van der Waals surface area (Å²) < 4.78 is 0. The van der Waals surface area contributed by atoms with E-state index in [9.17, 15) is 0 Å². The van der Waals surface area contributed by atoms with Crippen LogP contribution in [0.15, 0.2) is 4.99 Å². The SMILES string of the molecule is CC(C)C1(CN=C(N)N2CCCCC2)CC1. The first-order valence-electron chi connectivity index (χ1n) is 6.69. The fourth-order valence-electron chi connectivity index (χ4n) is 2.54. The number of rotatable bonds is 3. The van der Waals surface area contributed by atoms with Crippen LogP contribution >= 0.6 is 0 Å². The lowest BCUT2D eigenvalue weighted by Gasteiger charge is -2.28. The van der Waals surface area contributed by atoms with Crippen molar-refractivity contribution in [3.8, 4) is 0 Å². The van der Waals surface area contributed by atoms with Crippen molar-refractivity contribution in [1.29, 1.82) is 0 Å². The van der Waals surface area contributed by atoms with Crippen molar-refractivity contribution in [3.05, 3.63) is 0 Å². The quantitative estimate of drug-likeness (QED) is 0.589. The summed E-state index contributed by atoms with van der Waals surface area (Å²) in [6.07, 6.45) is 6.56. The van der Waals surface area contributed by atoms with E-state index in [1.165, 1.54) is 32.1 Å². The average Bonchev–Trinajstić information content (AvgIpc) is 3.08. The molecule has 2 fully saturated rings. The van der Waals surface area contributed by atoms with Gasteiger partial charge in [0.1, 0.15) is 0 Å². The number of guanidine groups is 1. The zero-order valence-electron chi connectivity index (χ0n) is 10.7. The maximum absolute atomic E-state index is 6.06. The van der Waals surface area contributed by atoms with Gasteiger partial charge >= 0.3 is 0 Å². The van der Waals surface area contributed by atoms with Crippen LogP contribution in [0.25, 0.3) is 0 Å². The summed E-state index contributed by atoms with van der Waals surface area (Å²) in [6, 6.07) is 0. The number of nitrogens with zero attached hydrogens (tertiary/aromatic N) is 2. The van der Waals surface area contributed by atoms with Gasteiger partial charge in [-0.05, 0) is 43.4 Å². The Labute approximate surface area is 99.1 Å². The van der Waals surface area contributed by atoms with Gasteiger partial charge in [-0.25, -0.2) is 0 Å². The van der Waals surface area contributed by atoms with E-state index < -0.39 is 0 Å². The van der Waals surface area contributed by atoms with E-state index in [1.54, 1.807) is 0 Å². The van der Waals surface area contributed by atoms with Crippen molar-refractivity contribution >= 4 is 5.96 Å². The molecule has 1 heterocycles. The molecule has 0 spiro atoms. The van der Waals surface area contributed by atoms with E-state index in [4.69, 9.17) is 5.73 Å². The predicted molar refractivity (Wildman–Crippen MR) is 68.4 cm³/mol. The van der Waals surface area contributed by atoms with Crippen LogP contribution < -0.4 is 5.73 Å². The third kappa shape index (κ3) is 2.50. The maximum Gasteiger partial charge on any atom is 0.191 e. The summed E-state index contributed by atoms with van der Waals surface area (Å²) >= 11 is 0. The Morgan fingerprint density at radius 2 is 1.88 bits per heavy atom. The molecule has 1 aliphatic heterocycles. The summed E-state index contributed by atoms with van der Waals surface area (Å²) in [5, 5.41) is 0. The first-order chi connectivity index (χ1) is 7.64. The molecule has 16 heavy (non-hydrogen) atoms. The van der Waals surface area contributed by atoms with Gasteiger partial charge in [0, 0.05) is 19.6 Å². The summed E-state index contributed by atoms with van der Waals surface area (Å²) in [7, 11) is 0. The van der Waals surface area contributed by atoms with Gasteiger partial charge < -0.3 is 10.6 Å². The molecule has 1 aliphatic carbocycles. The molecule has 92 valence electrons. The molecule has 1 saturated carbocycles. The first kappa shape index (κ1) is 11.7. The standard InChI is InChI=1S/C13H25N3/c1-11(2)13(6-7-13)10-15-12(14)16-8-4-3-5-9-16/h11H,3-10H2,1-2H3,(H2,14,15). The topological polar surface area (TPSA) is 41.6 Å². The minimum atomic E-state index is 0.487. The number of hydrogen-bond donors (Lipinski definition) is 1. The van der Waals surface area contributed by atoms with Crippen molar-refractivity contribution in [1.82, 2.24) is 4.90 Å². The minimum absolute atomic E-state index is 0.487. The van der Waals surface area contributed by atoms with Gasteiger partial charge in [0.2, 0.25) is 0 Å². The molecule has 1 saturated heterocycles. The van der Waals surface area contributed by atoms with Gasteiger partial charge in [0.15, 0.2) is 5.96 Å². The van der Waals surface area contributed by atoms with Crippen LogP contribution in [0.4, 0.5) is 0 Å². The molecule has 2 aliphatic rings. The normalized spacial score (nSPS) is 24.9. The summed E-state index contributed by atoms with van der Waals surface area (Å²) in [4.78, 5) is 6.87. The number of hydrogen-bond acceptors (Lipinski definition) is 1. The Kier molecular flexibility index (Phi) is 3.41. The molecular weight excluding hydrogens is 198 g/mol. The fourth-order valence-corrected chi connectivity index (χ4v) is 2.54. The molecule has 0 aromatic heterocycles. The van der Waals surface area contributed by atoms with E-state index in [-0.39, 0.29) is 0 Å². The zero-order chi connectivity index (χ0) is 11.6. The average molecular weight is 223 g/mol. The lowest BCUT2D eigenvalue weighted by molar-refractivity contribution is 0.331. The first-order valence-corrected chi connectivity index (χ1v) is 6.69. The molecule has 2 rings (SSSR count). The van der Waals surface area contributed by atoms with Crippen LogP contribution in [0.2, 0.25) is 0 Å². The van der Waals surface area contributed by atoms with Crippen molar-refractivity contribution in [2.24, 2.45) is 22.1 Å². The monoisotopic (exact) mass is 223 g/mol. The van der Waals surface area contributed by atoms with Crippen molar-refractivity contribution < 1.29 is 0 Å². The third-order valence-electron chi connectivity index (χ3n) is 4.35. The number of likely N-dealkylation sites (tertiary alicyclic amines) is 1. The minimum Gasteiger partial charge on any atom is -0.370 e. The molecule has 0 amide bonds. The van der Waals surface area contributed by atoms with Gasteiger partial charge in [-0.1, -0.05) is 13.8 Å². The Bertz CT molecular complexity index is 260. The Hall–Kier alpha value is -0.730. The van der Waals surface area contributed by atoms with Crippen LogP contribution in [-0.4, -0.2) is 30.5 Å². The molecule has 0 radical (unpaired) electrons. The maximum atomic E-state index is 6.06. The molecule has 0 aromatic carbocycles. The lowest BCUT2D eigenvalue weighted by atomic mass is 9.93. The molecular formula is C13H25N3. The highest BCUT2D eigenvalue weighted by Crippen LogP contribution is 2.51. The van der Waals surface area contributed by atoms with E-state index in [2.05, 4.69) is 23.7 Å². The zero-order valence-corrected chi connectivity index (χ0v) is 10.7. The van der Waals surface area contributed by atoms with Crippen LogP contribution in [-0.2, 0) is 0 Å². The predicted octanol–water partition coefficient (Wildman–Crippen LogP) is 2.22. The Morgan fingerprint density at radius 1 is 1.25 bits per heavy atom. The molecule has 0 unspecified atom stereocenters. The van der Waals surface area contributed by atoms with Crippen molar-refractivity contribution in [3.63, 3.8) is 0 Å². The molecule has 3 heteroatoms. The second kappa shape index (κ2) is 4.64. The molecule has 0 bridgehead atoms. The number of aliphatic imine (C=N–C) groups is 1. The smallest absolute Gasteiger partial charge is 0.191 e. The highest BCUT2D eigenvalue weighted by Gasteiger charge is 2.45. The van der Waals surface area contributed by atoms with Crippen LogP contribution in [0.3, 0.4) is 0 Å². The third-order valence-corrected chi connectivity index (χ3v) is 4.35. The van der Waals surface area contributed by atoms with Crippen molar-refractivity contribution in [2.75, 3.05) is 19.6 Å². The lowest BCUT2D eigenvalue weighted by Crippen LogP contribution is -2.41. The van der Waals surface area contributed by atoms with Gasteiger partial charge in [-0.15, -0.1) is 0 Å². The van der Waals surface area contributed by atoms with Gasteiger partial charge in [-0.3, -0.25) is 4.99 Å². The van der Waals surface area contributed by atoms with E-state index in [1.807, 2.05) is 0 Å². The Morgan fingerprint density at radius 3 is 2.38 bits per heavy atom. The molecule has 0 aromatic rings. The molecule has 2 N–H and O–H groups in total. The molecule has 0 atom stereocenters. The van der Waals surface area contributed by atoms with E-state index >= 15 is 0 Å². The summed E-state index contributed by atoms with van der Waals surface area (Å²) in [5.41, 5.74) is 6.55. The van der Waals surface area contributed by atoms with Gasteiger partial charge in [0.05, 0.1) is 0 Å².